The lowest BCUT2D eigenvalue weighted by Crippen LogP contribution is -2.29. The summed E-state index contributed by atoms with van der Waals surface area (Å²) in [6.45, 7) is 4.85. The van der Waals surface area contributed by atoms with Gasteiger partial charge in [0.05, 0.1) is 0 Å². The lowest BCUT2D eigenvalue weighted by molar-refractivity contribution is -0.126. The van der Waals surface area contributed by atoms with Gasteiger partial charge in [-0.2, -0.15) is 0 Å². The number of hydrogen-bond donors (Lipinski definition) is 7. The molecule has 0 aliphatic carbocycles. The Morgan fingerprint density at radius 3 is 0.973 bits per heavy atom. The van der Waals surface area contributed by atoms with E-state index in [0.29, 0.717) is 39.3 Å². The summed E-state index contributed by atoms with van der Waals surface area (Å²) in [7, 11) is 0. The van der Waals surface area contributed by atoms with Crippen molar-refractivity contribution in [2.24, 2.45) is 0 Å². The van der Waals surface area contributed by atoms with Gasteiger partial charge in [-0.15, -0.1) is 0 Å². The van der Waals surface area contributed by atoms with Gasteiger partial charge in [0.25, 0.3) is 0 Å². The second kappa shape index (κ2) is 24.9. The third-order valence-corrected chi connectivity index (χ3v) is 5.49. The summed E-state index contributed by atoms with van der Waals surface area (Å²) >= 11 is 0. The molecule has 0 aromatic rings. The first-order chi connectivity index (χ1) is 17.8. The Labute approximate surface area is 220 Å². The molecule has 37 heavy (non-hydrogen) atoms. The fourth-order valence-corrected chi connectivity index (χ4v) is 3.34. The van der Waals surface area contributed by atoms with Gasteiger partial charge < -0.3 is 31.8 Å². The summed E-state index contributed by atoms with van der Waals surface area (Å²) in [5.41, 5.74) is 2.09. The van der Waals surface area contributed by atoms with Gasteiger partial charge >= 0.3 is 0 Å². The zero-order valence-corrected chi connectivity index (χ0v) is 22.4. The van der Waals surface area contributed by atoms with Gasteiger partial charge in [0.1, 0.15) is 0 Å². The van der Waals surface area contributed by atoms with Crippen LogP contribution in [0.4, 0.5) is 0 Å². The Bertz CT molecular complexity index is 662. The average Bonchev–Trinajstić information content (AvgIpc) is 2.86. The van der Waals surface area contributed by atoms with Crippen LogP contribution in [0, 0.1) is 0 Å². The van der Waals surface area contributed by atoms with E-state index in [9.17, 15) is 24.0 Å². The van der Waals surface area contributed by atoms with E-state index < -0.39 is 0 Å². The van der Waals surface area contributed by atoms with Crippen molar-refractivity contribution in [1.82, 2.24) is 32.1 Å². The first-order valence-electron chi connectivity index (χ1n) is 13.5. The van der Waals surface area contributed by atoms with Crippen LogP contribution in [-0.4, -0.2) is 74.0 Å². The molecule has 0 aliphatic heterocycles. The lowest BCUT2D eigenvalue weighted by Gasteiger charge is -2.08. The monoisotopic (exact) mass is 528 g/mol. The van der Waals surface area contributed by atoms with E-state index in [0.717, 1.165) is 57.8 Å². The highest BCUT2D eigenvalue weighted by Crippen LogP contribution is 1.97. The summed E-state index contributed by atoms with van der Waals surface area (Å²) in [5, 5.41) is 22.4. The van der Waals surface area contributed by atoms with Gasteiger partial charge in [-0.05, 0) is 51.4 Å². The summed E-state index contributed by atoms with van der Waals surface area (Å²) < 4.78 is 0. The molecule has 7 N–H and O–H groups in total. The van der Waals surface area contributed by atoms with Crippen LogP contribution in [0.1, 0.15) is 90.4 Å². The number of amides is 5. The van der Waals surface area contributed by atoms with Gasteiger partial charge in [0, 0.05) is 71.9 Å². The highest BCUT2D eigenvalue weighted by atomic mass is 16.5. The number of carbonyl (C=O) groups excluding carboxylic acids is 5. The van der Waals surface area contributed by atoms with E-state index >= 15 is 0 Å². The van der Waals surface area contributed by atoms with Crippen LogP contribution in [0.3, 0.4) is 0 Å². The van der Waals surface area contributed by atoms with Crippen LogP contribution >= 0.6 is 0 Å². The van der Waals surface area contributed by atoms with Crippen molar-refractivity contribution in [2.45, 2.75) is 90.4 Å². The standard InChI is InChI=1S/C25H48N6O6/c1-21(32)26-15-5-2-6-16-27-22(33)11-12-23(34)28-17-7-3-8-18-29-24(35)13-14-25(36)30-19-9-4-10-20-31-37/h31,37H,2-20H2,1H3,(H,26,32)(H,27,33)(H,28,34)(H,29,35)(H,30,36). The number of hydrogen-bond acceptors (Lipinski definition) is 7. The molecule has 0 spiro atoms. The zero-order valence-electron chi connectivity index (χ0n) is 22.4. The number of nitrogens with one attached hydrogen (secondary N) is 6. The van der Waals surface area contributed by atoms with Crippen molar-refractivity contribution in [2.75, 3.05) is 39.3 Å². The second-order valence-corrected chi connectivity index (χ2v) is 8.97. The maximum atomic E-state index is 11.9. The second-order valence-electron chi connectivity index (χ2n) is 8.97. The summed E-state index contributed by atoms with van der Waals surface area (Å²) in [6, 6.07) is 0. The maximum Gasteiger partial charge on any atom is 0.220 e. The Morgan fingerprint density at radius 1 is 0.432 bits per heavy atom. The van der Waals surface area contributed by atoms with Crippen LogP contribution < -0.4 is 32.1 Å². The molecule has 0 heterocycles. The van der Waals surface area contributed by atoms with Crippen molar-refractivity contribution >= 4 is 29.5 Å². The lowest BCUT2D eigenvalue weighted by atomic mass is 10.2. The summed E-state index contributed by atoms with van der Waals surface area (Å²) in [6.07, 6.45) is 8.22. The molecule has 0 bridgehead atoms. The van der Waals surface area contributed by atoms with Crippen LogP contribution in [-0.2, 0) is 24.0 Å². The van der Waals surface area contributed by atoms with Crippen molar-refractivity contribution in [3.63, 3.8) is 0 Å². The molecule has 0 radical (unpaired) electrons. The molecule has 12 heteroatoms. The molecule has 0 saturated heterocycles. The molecule has 214 valence electrons. The normalized spacial score (nSPS) is 10.4. The van der Waals surface area contributed by atoms with E-state index in [2.05, 4.69) is 32.1 Å². The van der Waals surface area contributed by atoms with E-state index in [-0.39, 0.29) is 55.2 Å². The molecule has 0 rings (SSSR count). The Hall–Kier alpha value is -2.73. The molecule has 0 unspecified atom stereocenters. The van der Waals surface area contributed by atoms with E-state index in [1.165, 1.54) is 6.92 Å². The highest BCUT2D eigenvalue weighted by molar-refractivity contribution is 5.84. The number of rotatable bonds is 24. The third-order valence-electron chi connectivity index (χ3n) is 5.49. The fraction of sp³-hybridized carbons (Fsp3) is 0.800. The number of hydroxylamine groups is 1. The van der Waals surface area contributed by atoms with E-state index in [4.69, 9.17) is 5.21 Å². The van der Waals surface area contributed by atoms with Crippen molar-refractivity contribution in [3.05, 3.63) is 0 Å². The van der Waals surface area contributed by atoms with Crippen LogP contribution in [0.5, 0.6) is 0 Å². The topological polar surface area (TPSA) is 178 Å². The highest BCUT2D eigenvalue weighted by Gasteiger charge is 2.07. The third kappa shape index (κ3) is 26.2. The number of carbonyl (C=O) groups is 5. The molecule has 0 aromatic heterocycles. The SMILES string of the molecule is CC(=O)NCCCCCNC(=O)CCC(=O)NCCCCCNC(=O)CCC(=O)NCCCCCNO. The minimum Gasteiger partial charge on any atom is -0.356 e. The van der Waals surface area contributed by atoms with Crippen molar-refractivity contribution in [1.29, 1.82) is 0 Å². The first-order valence-corrected chi connectivity index (χ1v) is 13.5. The molecule has 12 nitrogen and oxygen atoms in total. The van der Waals surface area contributed by atoms with Crippen LogP contribution in [0.2, 0.25) is 0 Å². The van der Waals surface area contributed by atoms with Crippen molar-refractivity contribution in [3.8, 4) is 0 Å². The van der Waals surface area contributed by atoms with Crippen LogP contribution in [0.25, 0.3) is 0 Å². The Balaban J connectivity index is 3.50. The minimum absolute atomic E-state index is 0.0398. The van der Waals surface area contributed by atoms with Crippen LogP contribution in [0.15, 0.2) is 0 Å². The largest absolute Gasteiger partial charge is 0.356 e. The van der Waals surface area contributed by atoms with Gasteiger partial charge in [0.15, 0.2) is 0 Å². The average molecular weight is 529 g/mol. The molecular weight excluding hydrogens is 480 g/mol. The predicted molar refractivity (Wildman–Crippen MR) is 141 cm³/mol. The molecule has 5 amide bonds. The first kappa shape index (κ1) is 34.3. The summed E-state index contributed by atoms with van der Waals surface area (Å²) in [5.74, 6) is -0.627. The van der Waals surface area contributed by atoms with Gasteiger partial charge in [-0.1, -0.05) is 6.42 Å². The molecule has 0 atom stereocenters. The fourth-order valence-electron chi connectivity index (χ4n) is 3.34. The van der Waals surface area contributed by atoms with Gasteiger partial charge in [-0.25, -0.2) is 5.48 Å². The molecule has 0 aliphatic rings. The van der Waals surface area contributed by atoms with Gasteiger partial charge in [-0.3, -0.25) is 24.0 Å². The summed E-state index contributed by atoms with van der Waals surface area (Å²) in [4.78, 5) is 57.9. The Morgan fingerprint density at radius 2 is 0.703 bits per heavy atom. The molecule has 0 saturated carbocycles. The molecular formula is C25H48N6O6. The predicted octanol–water partition coefficient (Wildman–Crippen LogP) is 0.637. The quantitative estimate of drug-likeness (QED) is 0.0709. The zero-order chi connectivity index (χ0) is 27.6. The van der Waals surface area contributed by atoms with E-state index in [1.54, 1.807) is 0 Å². The molecule has 0 fully saturated rings. The van der Waals surface area contributed by atoms with Crippen molar-refractivity contribution < 1.29 is 29.2 Å². The van der Waals surface area contributed by atoms with E-state index in [1.807, 2.05) is 0 Å². The smallest absolute Gasteiger partial charge is 0.220 e. The van der Waals surface area contributed by atoms with Gasteiger partial charge in [0.2, 0.25) is 29.5 Å². The molecule has 0 aromatic carbocycles. The maximum absolute atomic E-state index is 11.9. The Kier molecular flexibility index (Phi) is 23.1. The number of unbranched alkanes of at least 4 members (excludes halogenated alkanes) is 6. The minimum atomic E-state index is -0.154.